The molecule has 1 saturated heterocycles. The van der Waals surface area contributed by atoms with E-state index in [1.54, 1.807) is 0 Å². The van der Waals surface area contributed by atoms with E-state index in [1.165, 1.54) is 13.0 Å². The molecule has 0 amide bonds. The summed E-state index contributed by atoms with van der Waals surface area (Å²) in [6.45, 7) is 1.49. The Hall–Kier alpha value is -1.65. The van der Waals surface area contributed by atoms with Crippen molar-refractivity contribution < 1.29 is 23.9 Å². The predicted octanol–water partition coefficient (Wildman–Crippen LogP) is -0.483. The first-order chi connectivity index (χ1) is 5.15. The van der Waals surface area contributed by atoms with Crippen LogP contribution in [0.15, 0.2) is 11.8 Å². The van der Waals surface area contributed by atoms with Crippen molar-refractivity contribution in [2.45, 2.75) is 6.92 Å². The van der Waals surface area contributed by atoms with Gasteiger partial charge in [-0.3, -0.25) is 0 Å². The van der Waals surface area contributed by atoms with E-state index in [9.17, 15) is 14.4 Å². The molecule has 0 aliphatic carbocycles. The van der Waals surface area contributed by atoms with Crippen molar-refractivity contribution in [1.82, 2.24) is 0 Å². The first-order valence-electron chi connectivity index (χ1n) is 2.79. The summed E-state index contributed by atoms with van der Waals surface area (Å²) in [5.41, 5.74) is 0. The number of cyclic esters (lactones) is 3. The van der Waals surface area contributed by atoms with E-state index in [4.69, 9.17) is 0 Å². The van der Waals surface area contributed by atoms with E-state index in [0.717, 1.165) is 0 Å². The standard InChI is InChI=1S/C6H4O5/c1-2-3-4(7)11-6(9)5(8)10-3/h2H,1H3/b3-2-. The molecule has 1 aliphatic heterocycles. The molecule has 1 aliphatic rings. The highest BCUT2D eigenvalue weighted by Gasteiger charge is 2.32. The molecule has 58 valence electrons. The Balaban J connectivity index is 2.87. The largest absolute Gasteiger partial charge is 0.425 e. The van der Waals surface area contributed by atoms with Crippen molar-refractivity contribution in [3.05, 3.63) is 11.8 Å². The van der Waals surface area contributed by atoms with E-state index >= 15 is 0 Å². The molecule has 0 aromatic heterocycles. The molecule has 1 heterocycles. The van der Waals surface area contributed by atoms with Crippen LogP contribution in [-0.4, -0.2) is 17.9 Å². The van der Waals surface area contributed by atoms with Crippen LogP contribution in [0.5, 0.6) is 0 Å². The van der Waals surface area contributed by atoms with Gasteiger partial charge < -0.3 is 9.47 Å². The summed E-state index contributed by atoms with van der Waals surface area (Å²) in [4.78, 5) is 31.3. The molecule has 0 saturated carbocycles. The molecule has 0 bridgehead atoms. The second-order valence-corrected chi connectivity index (χ2v) is 1.72. The number of ether oxygens (including phenoxy) is 2. The van der Waals surface area contributed by atoms with Crippen LogP contribution in [0, 0.1) is 0 Å². The van der Waals surface area contributed by atoms with Gasteiger partial charge in [0.2, 0.25) is 5.76 Å². The minimum Gasteiger partial charge on any atom is -0.411 e. The van der Waals surface area contributed by atoms with Crippen molar-refractivity contribution in [1.29, 1.82) is 0 Å². The molecular formula is C6H4O5. The molecule has 0 aromatic rings. The normalized spacial score (nSPS) is 21.5. The SMILES string of the molecule is C/C=C1\OC(=O)C(=O)OC1=O. The molecule has 5 nitrogen and oxygen atoms in total. The molecule has 0 N–H and O–H groups in total. The second kappa shape index (κ2) is 2.53. The molecule has 11 heavy (non-hydrogen) atoms. The average Bonchev–Trinajstić information content (AvgIpc) is 1.97. The molecule has 1 rings (SSSR count). The van der Waals surface area contributed by atoms with Gasteiger partial charge in [-0.2, -0.15) is 0 Å². The Kier molecular flexibility index (Phi) is 1.72. The van der Waals surface area contributed by atoms with Crippen molar-refractivity contribution in [3.8, 4) is 0 Å². The third kappa shape index (κ3) is 1.26. The van der Waals surface area contributed by atoms with Gasteiger partial charge in [0.25, 0.3) is 0 Å². The Morgan fingerprint density at radius 3 is 2.09 bits per heavy atom. The number of hydrogen-bond acceptors (Lipinski definition) is 5. The van der Waals surface area contributed by atoms with Gasteiger partial charge in [-0.1, -0.05) is 0 Å². The fourth-order valence-corrected chi connectivity index (χ4v) is 0.536. The smallest absolute Gasteiger partial charge is 0.411 e. The van der Waals surface area contributed by atoms with Crippen LogP contribution in [0.3, 0.4) is 0 Å². The highest BCUT2D eigenvalue weighted by atomic mass is 16.7. The van der Waals surface area contributed by atoms with Crippen LogP contribution in [0.25, 0.3) is 0 Å². The van der Waals surface area contributed by atoms with Crippen molar-refractivity contribution in [3.63, 3.8) is 0 Å². The monoisotopic (exact) mass is 156 g/mol. The van der Waals surface area contributed by atoms with Gasteiger partial charge in [-0.05, 0) is 13.0 Å². The number of hydrogen-bond donors (Lipinski definition) is 0. The van der Waals surface area contributed by atoms with Gasteiger partial charge in [0.15, 0.2) is 0 Å². The lowest BCUT2D eigenvalue weighted by Crippen LogP contribution is -2.31. The molecule has 0 unspecified atom stereocenters. The summed E-state index contributed by atoms with van der Waals surface area (Å²) in [5, 5.41) is 0. The summed E-state index contributed by atoms with van der Waals surface area (Å²) >= 11 is 0. The summed E-state index contributed by atoms with van der Waals surface area (Å²) in [6.07, 6.45) is 1.24. The zero-order valence-electron chi connectivity index (χ0n) is 5.62. The van der Waals surface area contributed by atoms with E-state index < -0.39 is 17.9 Å². The summed E-state index contributed by atoms with van der Waals surface area (Å²) in [6, 6.07) is 0. The maximum absolute atomic E-state index is 10.6. The van der Waals surface area contributed by atoms with Gasteiger partial charge in [0.1, 0.15) is 0 Å². The lowest BCUT2D eigenvalue weighted by molar-refractivity contribution is -0.179. The minimum absolute atomic E-state index is 0.255. The molecular weight excluding hydrogens is 152 g/mol. The van der Waals surface area contributed by atoms with Crippen molar-refractivity contribution in [2.75, 3.05) is 0 Å². The van der Waals surface area contributed by atoms with Gasteiger partial charge in [-0.15, -0.1) is 0 Å². The highest BCUT2D eigenvalue weighted by Crippen LogP contribution is 2.07. The van der Waals surface area contributed by atoms with Gasteiger partial charge in [0.05, 0.1) is 0 Å². The van der Waals surface area contributed by atoms with E-state index in [2.05, 4.69) is 9.47 Å². The van der Waals surface area contributed by atoms with Crippen molar-refractivity contribution in [2.24, 2.45) is 0 Å². The van der Waals surface area contributed by atoms with Crippen LogP contribution in [0.1, 0.15) is 6.92 Å². The first-order valence-corrected chi connectivity index (χ1v) is 2.79. The molecule has 0 atom stereocenters. The summed E-state index contributed by atoms with van der Waals surface area (Å²) in [5.74, 6) is -3.63. The third-order valence-corrected chi connectivity index (χ3v) is 1.02. The van der Waals surface area contributed by atoms with Gasteiger partial charge in [0, 0.05) is 0 Å². The number of rotatable bonds is 0. The van der Waals surface area contributed by atoms with Gasteiger partial charge in [-0.25, -0.2) is 14.4 Å². The fraction of sp³-hybridized carbons (Fsp3) is 0.167. The Morgan fingerprint density at radius 2 is 1.55 bits per heavy atom. The first kappa shape index (κ1) is 7.46. The topological polar surface area (TPSA) is 69.7 Å². The second-order valence-electron chi connectivity index (χ2n) is 1.72. The summed E-state index contributed by atoms with van der Waals surface area (Å²) in [7, 11) is 0. The quantitative estimate of drug-likeness (QED) is 0.205. The van der Waals surface area contributed by atoms with Crippen molar-refractivity contribution >= 4 is 17.9 Å². The molecule has 1 fully saturated rings. The van der Waals surface area contributed by atoms with Crippen LogP contribution in [-0.2, 0) is 23.9 Å². The molecule has 0 spiro atoms. The number of allylic oxidation sites excluding steroid dienone is 1. The van der Waals surface area contributed by atoms with E-state index in [1.807, 2.05) is 0 Å². The Labute approximate surface area is 61.6 Å². The zero-order valence-corrected chi connectivity index (χ0v) is 5.62. The minimum atomic E-state index is -1.28. The predicted molar refractivity (Wildman–Crippen MR) is 30.9 cm³/mol. The fourth-order valence-electron chi connectivity index (χ4n) is 0.536. The highest BCUT2D eigenvalue weighted by molar-refractivity contribution is 6.34. The van der Waals surface area contributed by atoms with E-state index in [-0.39, 0.29) is 5.76 Å². The molecule has 0 aromatic carbocycles. The number of carbonyl (C=O) groups is 3. The maximum atomic E-state index is 10.6. The van der Waals surface area contributed by atoms with Crippen LogP contribution in [0.4, 0.5) is 0 Å². The molecule has 5 heteroatoms. The lowest BCUT2D eigenvalue weighted by atomic mass is 10.4. The van der Waals surface area contributed by atoms with Gasteiger partial charge >= 0.3 is 17.9 Å². The molecule has 0 radical (unpaired) electrons. The summed E-state index contributed by atoms with van der Waals surface area (Å²) < 4.78 is 8.24. The average molecular weight is 156 g/mol. The van der Waals surface area contributed by atoms with Crippen LogP contribution in [0.2, 0.25) is 0 Å². The zero-order chi connectivity index (χ0) is 8.43. The third-order valence-electron chi connectivity index (χ3n) is 1.02. The Morgan fingerprint density at radius 1 is 1.00 bits per heavy atom. The maximum Gasteiger partial charge on any atom is 0.425 e. The Bertz CT molecular complexity index is 262. The number of esters is 3. The van der Waals surface area contributed by atoms with Crippen LogP contribution >= 0.6 is 0 Å². The van der Waals surface area contributed by atoms with E-state index in [0.29, 0.717) is 0 Å². The number of carbonyl (C=O) groups excluding carboxylic acids is 3. The lowest BCUT2D eigenvalue weighted by Gasteiger charge is -2.10. The van der Waals surface area contributed by atoms with Crippen LogP contribution < -0.4 is 0 Å².